The Labute approximate surface area is 111 Å². The second kappa shape index (κ2) is 4.16. The summed E-state index contributed by atoms with van der Waals surface area (Å²) < 4.78 is 3.26. The van der Waals surface area contributed by atoms with E-state index in [2.05, 4.69) is 36.9 Å². The molecular weight excluding hydrogens is 298 g/mol. The minimum Gasteiger partial charge on any atom is -0.399 e. The van der Waals surface area contributed by atoms with Gasteiger partial charge in [-0.25, -0.2) is 4.98 Å². The number of anilines is 1. The lowest BCUT2D eigenvalue weighted by Gasteiger charge is -2.01. The number of hydrogen-bond donors (Lipinski definition) is 1. The molecule has 0 radical (unpaired) electrons. The lowest BCUT2D eigenvalue weighted by atomic mass is 10.3. The van der Waals surface area contributed by atoms with Crippen molar-refractivity contribution in [1.82, 2.24) is 9.55 Å². The van der Waals surface area contributed by atoms with E-state index in [4.69, 9.17) is 5.73 Å². The topological polar surface area (TPSA) is 43.8 Å². The molecule has 0 unspecified atom stereocenters. The maximum atomic E-state index is 5.74. The normalized spacial score (nSPS) is 11.1. The summed E-state index contributed by atoms with van der Waals surface area (Å²) in [6, 6.07) is 7.95. The van der Waals surface area contributed by atoms with Crippen LogP contribution >= 0.6 is 27.3 Å². The van der Waals surface area contributed by atoms with Crippen molar-refractivity contribution in [1.29, 1.82) is 0 Å². The number of thiophene rings is 1. The van der Waals surface area contributed by atoms with Crippen molar-refractivity contribution in [3.8, 4) is 0 Å². The van der Waals surface area contributed by atoms with Gasteiger partial charge in [0.1, 0.15) is 0 Å². The van der Waals surface area contributed by atoms with Gasteiger partial charge < -0.3 is 10.3 Å². The van der Waals surface area contributed by atoms with Crippen LogP contribution in [0.2, 0.25) is 0 Å². The van der Waals surface area contributed by atoms with Crippen LogP contribution in [0.5, 0.6) is 0 Å². The molecule has 0 spiro atoms. The van der Waals surface area contributed by atoms with Gasteiger partial charge in [0.2, 0.25) is 0 Å². The standard InChI is InChI=1S/C12H10BrN3S/c13-8-3-10(17-6-8)5-16-7-15-11-4-9(14)1-2-12(11)16/h1-4,6-7H,5,14H2. The summed E-state index contributed by atoms with van der Waals surface area (Å²) in [5.74, 6) is 0. The van der Waals surface area contributed by atoms with E-state index in [1.54, 1.807) is 11.3 Å². The molecule has 2 N–H and O–H groups in total. The van der Waals surface area contributed by atoms with Crippen LogP contribution in [0, 0.1) is 0 Å². The molecule has 2 aromatic heterocycles. The third-order valence-electron chi connectivity index (χ3n) is 2.59. The average molecular weight is 308 g/mol. The van der Waals surface area contributed by atoms with Crippen LogP contribution in [0.1, 0.15) is 4.88 Å². The van der Waals surface area contributed by atoms with Crippen LogP contribution in [0.25, 0.3) is 11.0 Å². The van der Waals surface area contributed by atoms with Gasteiger partial charge in [-0.3, -0.25) is 0 Å². The maximum Gasteiger partial charge on any atom is 0.0961 e. The molecule has 0 atom stereocenters. The fraction of sp³-hybridized carbons (Fsp3) is 0.0833. The third-order valence-corrected chi connectivity index (χ3v) is 4.28. The first-order valence-corrected chi connectivity index (χ1v) is 6.83. The number of nitrogen functional groups attached to an aromatic ring is 1. The Hall–Kier alpha value is -1.33. The Morgan fingerprint density at radius 3 is 3.00 bits per heavy atom. The molecule has 3 nitrogen and oxygen atoms in total. The van der Waals surface area contributed by atoms with Gasteiger partial charge in [-0.05, 0) is 40.2 Å². The van der Waals surface area contributed by atoms with E-state index < -0.39 is 0 Å². The zero-order valence-electron chi connectivity index (χ0n) is 8.93. The molecule has 3 aromatic rings. The Kier molecular flexibility index (Phi) is 2.64. The molecule has 86 valence electrons. The molecule has 0 aliphatic carbocycles. The molecule has 17 heavy (non-hydrogen) atoms. The molecule has 1 aromatic carbocycles. The summed E-state index contributed by atoms with van der Waals surface area (Å²) in [7, 11) is 0. The number of rotatable bonds is 2. The molecule has 0 saturated heterocycles. The molecule has 3 rings (SSSR count). The number of aromatic nitrogens is 2. The van der Waals surface area contributed by atoms with E-state index in [9.17, 15) is 0 Å². The summed E-state index contributed by atoms with van der Waals surface area (Å²) in [4.78, 5) is 5.66. The second-order valence-electron chi connectivity index (χ2n) is 3.85. The number of imidazole rings is 1. The van der Waals surface area contributed by atoms with Gasteiger partial charge in [-0.15, -0.1) is 11.3 Å². The number of nitrogens with zero attached hydrogens (tertiary/aromatic N) is 2. The van der Waals surface area contributed by atoms with Crippen LogP contribution in [-0.4, -0.2) is 9.55 Å². The molecule has 0 bridgehead atoms. The van der Waals surface area contributed by atoms with Gasteiger partial charge in [-0.2, -0.15) is 0 Å². The SMILES string of the molecule is Nc1ccc2c(c1)ncn2Cc1cc(Br)cs1. The number of fused-ring (bicyclic) bond motifs is 1. The minimum atomic E-state index is 0.751. The molecular formula is C12H10BrN3S. The summed E-state index contributed by atoms with van der Waals surface area (Å²) in [5, 5.41) is 2.09. The average Bonchev–Trinajstić information content (AvgIpc) is 2.86. The quantitative estimate of drug-likeness (QED) is 0.737. The lowest BCUT2D eigenvalue weighted by molar-refractivity contribution is 0.838. The summed E-state index contributed by atoms with van der Waals surface area (Å²) >= 11 is 5.20. The van der Waals surface area contributed by atoms with Crippen molar-refractivity contribution >= 4 is 44.0 Å². The number of hydrogen-bond acceptors (Lipinski definition) is 3. The van der Waals surface area contributed by atoms with Crippen LogP contribution in [-0.2, 0) is 6.54 Å². The van der Waals surface area contributed by atoms with Gasteiger partial charge in [0.15, 0.2) is 0 Å². The Bertz CT molecular complexity index is 671. The summed E-state index contributed by atoms with van der Waals surface area (Å²) in [6.45, 7) is 0.844. The van der Waals surface area contributed by atoms with E-state index in [1.165, 1.54) is 4.88 Å². The first-order valence-electron chi connectivity index (χ1n) is 5.15. The van der Waals surface area contributed by atoms with E-state index in [0.29, 0.717) is 0 Å². The highest BCUT2D eigenvalue weighted by molar-refractivity contribution is 9.10. The van der Waals surface area contributed by atoms with Gasteiger partial charge >= 0.3 is 0 Å². The molecule has 2 heterocycles. The van der Waals surface area contributed by atoms with Crippen LogP contribution in [0.15, 0.2) is 40.4 Å². The monoisotopic (exact) mass is 307 g/mol. The molecule has 5 heteroatoms. The van der Waals surface area contributed by atoms with Crippen molar-refractivity contribution in [2.24, 2.45) is 0 Å². The van der Waals surface area contributed by atoms with E-state index in [0.717, 1.165) is 27.7 Å². The number of benzene rings is 1. The lowest BCUT2D eigenvalue weighted by Crippen LogP contribution is -1.95. The summed E-state index contributed by atoms with van der Waals surface area (Å²) in [5.41, 5.74) is 8.55. The van der Waals surface area contributed by atoms with Gasteiger partial charge in [-0.1, -0.05) is 0 Å². The first kappa shape index (κ1) is 10.8. The highest BCUT2D eigenvalue weighted by Crippen LogP contribution is 2.23. The van der Waals surface area contributed by atoms with E-state index >= 15 is 0 Å². The van der Waals surface area contributed by atoms with E-state index in [1.807, 2.05) is 24.5 Å². The van der Waals surface area contributed by atoms with Crippen molar-refractivity contribution < 1.29 is 0 Å². The second-order valence-corrected chi connectivity index (χ2v) is 5.76. The number of nitrogens with two attached hydrogens (primary N) is 1. The third kappa shape index (κ3) is 2.08. The molecule has 0 aliphatic rings. The van der Waals surface area contributed by atoms with Gasteiger partial charge in [0.05, 0.1) is 23.9 Å². The maximum absolute atomic E-state index is 5.74. The predicted octanol–water partition coefficient (Wildman–Crippen LogP) is 3.49. The zero-order chi connectivity index (χ0) is 11.8. The highest BCUT2D eigenvalue weighted by Gasteiger charge is 2.04. The molecule has 0 aliphatic heterocycles. The fourth-order valence-corrected chi connectivity index (χ4v) is 3.26. The Morgan fingerprint density at radius 1 is 1.35 bits per heavy atom. The smallest absolute Gasteiger partial charge is 0.0961 e. The zero-order valence-corrected chi connectivity index (χ0v) is 11.3. The van der Waals surface area contributed by atoms with Crippen LogP contribution in [0.4, 0.5) is 5.69 Å². The minimum absolute atomic E-state index is 0.751. The molecule has 0 fully saturated rings. The first-order chi connectivity index (χ1) is 8.22. The predicted molar refractivity (Wildman–Crippen MR) is 75.3 cm³/mol. The van der Waals surface area contributed by atoms with Crippen molar-refractivity contribution in [2.75, 3.05) is 5.73 Å². The number of halogens is 1. The molecule has 0 amide bonds. The van der Waals surface area contributed by atoms with Crippen LogP contribution < -0.4 is 5.73 Å². The highest BCUT2D eigenvalue weighted by atomic mass is 79.9. The van der Waals surface area contributed by atoms with E-state index in [-0.39, 0.29) is 0 Å². The van der Waals surface area contributed by atoms with Crippen molar-refractivity contribution in [3.63, 3.8) is 0 Å². The van der Waals surface area contributed by atoms with Crippen molar-refractivity contribution in [3.05, 3.63) is 45.3 Å². The van der Waals surface area contributed by atoms with Gasteiger partial charge in [0, 0.05) is 20.4 Å². The van der Waals surface area contributed by atoms with Gasteiger partial charge in [0.25, 0.3) is 0 Å². The molecule has 0 saturated carbocycles. The summed E-state index contributed by atoms with van der Waals surface area (Å²) in [6.07, 6.45) is 1.86. The van der Waals surface area contributed by atoms with Crippen molar-refractivity contribution in [2.45, 2.75) is 6.54 Å². The fourth-order valence-electron chi connectivity index (χ4n) is 1.81. The van der Waals surface area contributed by atoms with Crippen LogP contribution in [0.3, 0.4) is 0 Å². The Morgan fingerprint density at radius 2 is 2.24 bits per heavy atom. The largest absolute Gasteiger partial charge is 0.399 e. The Balaban J connectivity index is 2.00.